The Kier molecular flexibility index (Phi) is 89.7. The Morgan fingerprint density at radius 3 is 0.792 bits per heavy atom. The van der Waals surface area contributed by atoms with Crippen LogP contribution in [0.2, 0.25) is 0 Å². The number of nitrogens with zero attached hydrogens (tertiary/aromatic N) is 3. The Morgan fingerprint density at radius 2 is 0.574 bits per heavy atom. The van der Waals surface area contributed by atoms with Crippen LogP contribution in [0.5, 0.6) is 0 Å². The van der Waals surface area contributed by atoms with Gasteiger partial charge in [0.25, 0.3) is 0 Å². The van der Waals surface area contributed by atoms with Crippen LogP contribution in [0.25, 0.3) is 0 Å². The van der Waals surface area contributed by atoms with Crippen molar-refractivity contribution in [2.24, 2.45) is 0 Å². The zero-order chi connectivity index (χ0) is 76.6. The summed E-state index contributed by atoms with van der Waals surface area (Å²) >= 11 is 19.7. The standard InChI is InChI=1S/C47H87NO6.C18H33ClO.C11H23NO4.C6H15N.CHCl3/c1-6-8-10-12-14-16-18-20-22-24-26-28-30-32-34-38-44(49)52-42-36-40-48(46(51)54-47(3,4)5)41-37-43-53-45(50)39-35-33-31-29-27-25-23-21-19-17-15-13-11-9-7-2;1-2-3-4-5-6-7-8-9-10-11-12-13-14-15-16-17-18(19)20;1-11(2,3)16-10(15)12(6-4-8-13)7-5-9-14;1-4-7(5-2)6-3;2-1(3)4/h20-23H,6-19,24-43H2,1-5H3;9-10H,2-8,11-17H2,1H3;13-14H,4-9H2,1-3H3;4-6H2,1-3H3;1H/b22-20-,23-21-;10-9-;;;. The number of carbonyl (C=O) groups excluding carboxylic acids is 5. The second kappa shape index (κ2) is 84.7. The molecule has 2 N–H and O–H groups in total. The third-order valence-electron chi connectivity index (χ3n) is 16.4. The summed E-state index contributed by atoms with van der Waals surface area (Å²) < 4.78 is 21.0. The molecule has 101 heavy (non-hydrogen) atoms. The molecule has 2 amide bonds. The lowest BCUT2D eigenvalue weighted by molar-refractivity contribution is -0.144. The molecule has 0 radical (unpaired) electrons. The number of esters is 2. The van der Waals surface area contributed by atoms with Crippen LogP contribution in [0, 0.1) is 0 Å². The van der Waals surface area contributed by atoms with Crippen molar-refractivity contribution in [1.82, 2.24) is 14.7 Å². The van der Waals surface area contributed by atoms with Crippen LogP contribution in [0.15, 0.2) is 36.5 Å². The van der Waals surface area contributed by atoms with Crippen LogP contribution >= 0.6 is 46.4 Å². The highest BCUT2D eigenvalue weighted by atomic mass is 35.6. The van der Waals surface area contributed by atoms with Crippen molar-refractivity contribution in [3.8, 4) is 0 Å². The summed E-state index contributed by atoms with van der Waals surface area (Å²) in [5.74, 6) is -0.343. The van der Waals surface area contributed by atoms with Gasteiger partial charge in [-0.1, -0.05) is 267 Å². The number of alkyl halides is 3. The van der Waals surface area contributed by atoms with E-state index >= 15 is 0 Å². The minimum absolute atomic E-state index is 0.0401. The number of allylic oxidation sites excluding steroid dienone is 6. The molecule has 0 saturated carbocycles. The van der Waals surface area contributed by atoms with Crippen molar-refractivity contribution < 1.29 is 53.1 Å². The lowest BCUT2D eigenvalue weighted by atomic mass is 10.1. The van der Waals surface area contributed by atoms with Gasteiger partial charge in [-0.3, -0.25) is 14.4 Å². The van der Waals surface area contributed by atoms with Gasteiger partial charge in [0.2, 0.25) is 5.24 Å². The zero-order valence-corrected chi connectivity index (χ0v) is 70.3. The molecule has 0 rings (SSSR count). The molecule has 0 heterocycles. The number of ether oxygens (including phenoxy) is 4. The second-order valence-electron chi connectivity index (χ2n) is 28.5. The third kappa shape index (κ3) is 99.5. The molecule has 14 nitrogen and oxygen atoms in total. The van der Waals surface area contributed by atoms with Crippen LogP contribution < -0.4 is 0 Å². The summed E-state index contributed by atoms with van der Waals surface area (Å²) in [6.07, 6.45) is 65.3. The molecule has 0 aromatic rings. The Labute approximate surface area is 642 Å². The molecule has 0 bridgehead atoms. The number of rotatable bonds is 62. The molecule has 0 fully saturated rings. The number of aliphatic hydroxyl groups excluding tert-OH is 2. The summed E-state index contributed by atoms with van der Waals surface area (Å²) in [5, 5.41) is 17.3. The fraction of sp³-hybridized carbons (Fsp3) is 0.867. The number of aliphatic hydroxyl groups is 2. The van der Waals surface area contributed by atoms with Gasteiger partial charge in [0, 0.05) is 58.7 Å². The van der Waals surface area contributed by atoms with Crippen molar-refractivity contribution in [3.63, 3.8) is 0 Å². The summed E-state index contributed by atoms with van der Waals surface area (Å²) in [6.45, 7) is 30.2. The summed E-state index contributed by atoms with van der Waals surface area (Å²) in [4.78, 5) is 65.1. The summed E-state index contributed by atoms with van der Waals surface area (Å²) in [6, 6.07) is 0. The maximum atomic E-state index is 12.8. The van der Waals surface area contributed by atoms with E-state index in [0.717, 1.165) is 64.2 Å². The van der Waals surface area contributed by atoms with Gasteiger partial charge in [0.1, 0.15) is 11.2 Å². The average molecular weight is 1520 g/mol. The van der Waals surface area contributed by atoms with Crippen molar-refractivity contribution in [1.29, 1.82) is 0 Å². The van der Waals surface area contributed by atoms with Crippen LogP contribution in [-0.2, 0) is 33.3 Å². The number of amides is 2. The fourth-order valence-electron chi connectivity index (χ4n) is 10.5. The highest BCUT2D eigenvalue weighted by Crippen LogP contribution is 2.17. The molecule has 0 unspecified atom stereocenters. The maximum absolute atomic E-state index is 12.8. The Balaban J connectivity index is -0.000000523. The van der Waals surface area contributed by atoms with Crippen molar-refractivity contribution >= 4 is 75.8 Å². The first-order valence-corrected chi connectivity index (χ1v) is 42.4. The highest BCUT2D eigenvalue weighted by Gasteiger charge is 2.23. The van der Waals surface area contributed by atoms with Gasteiger partial charge in [-0.25, -0.2) is 9.59 Å². The largest absolute Gasteiger partial charge is 0.466 e. The fourth-order valence-corrected chi connectivity index (χ4v) is 10.6. The van der Waals surface area contributed by atoms with Crippen molar-refractivity contribution in [3.05, 3.63) is 36.5 Å². The van der Waals surface area contributed by atoms with Crippen LogP contribution in [-0.4, -0.2) is 142 Å². The minimum atomic E-state index is -0.750. The van der Waals surface area contributed by atoms with Crippen molar-refractivity contribution in [2.75, 3.05) is 72.2 Å². The first-order chi connectivity index (χ1) is 48.4. The van der Waals surface area contributed by atoms with Crippen LogP contribution in [0.1, 0.15) is 378 Å². The van der Waals surface area contributed by atoms with Crippen LogP contribution in [0.3, 0.4) is 0 Å². The predicted octanol–water partition coefficient (Wildman–Crippen LogP) is 25.3. The molecule has 0 aliphatic heterocycles. The maximum Gasteiger partial charge on any atom is 0.410 e. The molecule has 0 atom stereocenters. The lowest BCUT2D eigenvalue weighted by Crippen LogP contribution is -2.38. The molecule has 0 aromatic heterocycles. The molecule has 18 heteroatoms. The number of hydrogen-bond donors (Lipinski definition) is 2. The summed E-state index contributed by atoms with van der Waals surface area (Å²) in [7, 11) is 0. The summed E-state index contributed by atoms with van der Waals surface area (Å²) in [5.41, 5.74) is -1.13. The van der Waals surface area contributed by atoms with Gasteiger partial charge in [0.05, 0.1) is 13.2 Å². The second-order valence-corrected chi connectivity index (χ2v) is 30.9. The lowest BCUT2D eigenvalue weighted by Gasteiger charge is -2.27. The van der Waals surface area contributed by atoms with Crippen molar-refractivity contribution in [2.45, 2.75) is 394 Å². The molecule has 0 aliphatic rings. The number of unbranched alkanes of at least 4 members (excludes halogenated alkanes) is 33. The first-order valence-electron chi connectivity index (χ1n) is 40.7. The van der Waals surface area contributed by atoms with Gasteiger partial charge in [-0.15, -0.1) is 0 Å². The molecule has 0 aromatic carbocycles. The van der Waals surface area contributed by atoms with E-state index in [2.05, 4.69) is 82.9 Å². The van der Waals surface area contributed by atoms with Gasteiger partial charge in [-0.05, 0) is 195 Å². The topological polar surface area (TPSA) is 172 Å². The molecule has 0 spiro atoms. The quantitative estimate of drug-likeness (QED) is 0.0148. The van der Waals surface area contributed by atoms with E-state index in [9.17, 15) is 24.0 Å². The first kappa shape index (κ1) is 107. The van der Waals surface area contributed by atoms with Crippen LogP contribution in [0.4, 0.5) is 9.59 Å². The molecule has 0 aliphatic carbocycles. The zero-order valence-electron chi connectivity index (χ0n) is 67.3. The van der Waals surface area contributed by atoms with E-state index in [4.69, 9.17) is 75.6 Å². The monoisotopic (exact) mass is 1510 g/mol. The Bertz CT molecular complexity index is 1790. The minimum Gasteiger partial charge on any atom is -0.466 e. The smallest absolute Gasteiger partial charge is 0.410 e. The number of halogens is 4. The van der Waals surface area contributed by atoms with Gasteiger partial charge in [-0.2, -0.15) is 0 Å². The SMILES string of the molecule is CC(C)(C)OC(=O)N(CCCO)CCCO.CCCCCCCC/C=C\CCCCCCCC(=O)Cl.CCCCCCCC/C=C\CCCCCCCC(=O)OCCCN(CCCOC(=O)CCCCCCC/C=C\CCCCCCCC)C(=O)OC(C)(C)C.CCN(CC)CC.ClC(Cl)Cl. The predicted molar refractivity (Wildman–Crippen MR) is 434 cm³/mol. The van der Waals surface area contributed by atoms with E-state index in [1.807, 2.05) is 20.8 Å². The normalized spacial score (nSPS) is 11.4. The molecule has 0 saturated heterocycles. The molecular formula is C83H159Cl4N3O11. The Morgan fingerprint density at radius 1 is 0.347 bits per heavy atom. The van der Waals surface area contributed by atoms with Gasteiger partial charge < -0.3 is 43.9 Å². The number of carbonyl (C=O) groups is 5. The molecular weight excluding hydrogens is 1360 g/mol. The average Bonchev–Trinajstić information content (AvgIpc) is 0.932. The van der Waals surface area contributed by atoms with E-state index in [-0.39, 0.29) is 43.6 Å². The highest BCUT2D eigenvalue weighted by molar-refractivity contribution is 6.63. The molecule has 600 valence electrons. The van der Waals surface area contributed by atoms with E-state index in [1.165, 1.54) is 211 Å². The van der Waals surface area contributed by atoms with E-state index in [0.29, 0.717) is 71.1 Å². The third-order valence-corrected chi connectivity index (χ3v) is 16.6. The van der Waals surface area contributed by atoms with E-state index in [1.54, 1.807) is 25.7 Å². The van der Waals surface area contributed by atoms with E-state index < -0.39 is 27.7 Å². The van der Waals surface area contributed by atoms with Gasteiger partial charge >= 0.3 is 24.1 Å². The number of hydrogen-bond acceptors (Lipinski definition) is 12. The van der Waals surface area contributed by atoms with Gasteiger partial charge in [0.15, 0.2) is 4.30 Å². The Hall–Kier alpha value is -2.59.